The zero-order chi connectivity index (χ0) is 18.1. The van der Waals surface area contributed by atoms with Gasteiger partial charge in [0.05, 0.1) is 39.5 Å². The highest BCUT2D eigenvalue weighted by Crippen LogP contribution is 2.64. The minimum atomic E-state index is -1.53. The van der Waals surface area contributed by atoms with Crippen molar-refractivity contribution < 1.29 is 4.39 Å². The number of hydrogen-bond acceptors (Lipinski definition) is 5. The van der Waals surface area contributed by atoms with Gasteiger partial charge in [-0.1, -0.05) is 49.2 Å². The molecule has 0 saturated heterocycles. The van der Waals surface area contributed by atoms with Crippen molar-refractivity contribution in [3.05, 3.63) is 46.2 Å². The van der Waals surface area contributed by atoms with Crippen LogP contribution in [0.25, 0.3) is 0 Å². The molecular weight excluding hydrogens is 335 g/mol. The van der Waals surface area contributed by atoms with Crippen molar-refractivity contribution in [1.29, 1.82) is 15.8 Å². The quantitative estimate of drug-likeness (QED) is 0.821. The van der Waals surface area contributed by atoms with E-state index in [1.165, 1.54) is 17.8 Å². The van der Waals surface area contributed by atoms with Crippen LogP contribution in [0.2, 0.25) is 0 Å². The number of thioether (sulfide) groups is 1. The molecule has 1 aromatic rings. The van der Waals surface area contributed by atoms with Crippen LogP contribution in [0.15, 0.2) is 34.9 Å². The Balaban J connectivity index is 2.33. The van der Waals surface area contributed by atoms with E-state index >= 15 is 0 Å². The van der Waals surface area contributed by atoms with E-state index in [0.717, 1.165) is 19.3 Å². The number of nitrogens with two attached hydrogens (primary N) is 1. The first kappa shape index (κ1) is 17.3. The Morgan fingerprint density at radius 3 is 2.28 bits per heavy atom. The predicted molar refractivity (Wildman–Crippen MR) is 93.0 cm³/mol. The van der Waals surface area contributed by atoms with Crippen LogP contribution in [0.4, 0.5) is 4.39 Å². The first-order valence-corrected chi connectivity index (χ1v) is 9.02. The van der Waals surface area contributed by atoms with Crippen molar-refractivity contribution in [3.8, 4) is 18.2 Å². The molecule has 1 aliphatic heterocycles. The van der Waals surface area contributed by atoms with Gasteiger partial charge >= 0.3 is 0 Å². The monoisotopic (exact) mass is 352 g/mol. The molecule has 1 aliphatic carbocycles. The Morgan fingerprint density at radius 1 is 1.08 bits per heavy atom. The second kappa shape index (κ2) is 6.43. The van der Waals surface area contributed by atoms with Gasteiger partial charge < -0.3 is 5.73 Å². The van der Waals surface area contributed by atoms with Crippen molar-refractivity contribution in [1.82, 2.24) is 0 Å². The molecule has 0 aromatic heterocycles. The largest absolute Gasteiger partial charge is 0.393 e. The molecule has 25 heavy (non-hydrogen) atoms. The Morgan fingerprint density at radius 2 is 1.72 bits per heavy atom. The molecule has 1 fully saturated rings. The summed E-state index contributed by atoms with van der Waals surface area (Å²) in [5, 5.41) is 30.2. The van der Waals surface area contributed by atoms with Gasteiger partial charge in [0.25, 0.3) is 0 Å². The molecule has 6 heteroatoms. The Bertz CT molecular complexity index is 835. The van der Waals surface area contributed by atoms with E-state index in [4.69, 9.17) is 5.73 Å². The summed E-state index contributed by atoms with van der Waals surface area (Å²) in [4.78, 5) is 0. The summed E-state index contributed by atoms with van der Waals surface area (Å²) >= 11 is 1.27. The number of nitriles is 3. The lowest BCUT2D eigenvalue weighted by Crippen LogP contribution is -2.52. The third-order valence-corrected chi connectivity index (χ3v) is 6.92. The molecule has 1 unspecified atom stereocenters. The molecule has 1 heterocycles. The van der Waals surface area contributed by atoms with Crippen LogP contribution in [0.3, 0.4) is 0 Å². The normalized spacial score (nSPS) is 24.2. The van der Waals surface area contributed by atoms with Gasteiger partial charge in [0.1, 0.15) is 5.82 Å². The average Bonchev–Trinajstić information content (AvgIpc) is 2.63. The van der Waals surface area contributed by atoms with Crippen molar-refractivity contribution in [3.63, 3.8) is 0 Å². The summed E-state index contributed by atoms with van der Waals surface area (Å²) in [5.41, 5.74) is 4.96. The van der Waals surface area contributed by atoms with E-state index in [-0.39, 0.29) is 11.1 Å². The minimum Gasteiger partial charge on any atom is -0.393 e. The van der Waals surface area contributed by atoms with E-state index in [2.05, 4.69) is 12.1 Å². The molecule has 2 aliphatic rings. The van der Waals surface area contributed by atoms with Gasteiger partial charge in [0.2, 0.25) is 0 Å². The summed E-state index contributed by atoms with van der Waals surface area (Å²) < 4.78 is 13.9. The van der Waals surface area contributed by atoms with Gasteiger partial charge in [-0.25, -0.2) is 4.39 Å². The van der Waals surface area contributed by atoms with E-state index in [1.807, 2.05) is 6.07 Å². The zero-order valence-electron chi connectivity index (χ0n) is 13.6. The highest BCUT2D eigenvalue weighted by molar-refractivity contribution is 8.04. The summed E-state index contributed by atoms with van der Waals surface area (Å²) in [6.07, 6.45) is 4.12. The highest BCUT2D eigenvalue weighted by Gasteiger charge is 2.62. The molecule has 1 aromatic carbocycles. The molecule has 4 nitrogen and oxygen atoms in total. The summed E-state index contributed by atoms with van der Waals surface area (Å²) in [7, 11) is 0. The molecule has 2 N–H and O–H groups in total. The van der Waals surface area contributed by atoms with E-state index < -0.39 is 21.9 Å². The topological polar surface area (TPSA) is 97.4 Å². The van der Waals surface area contributed by atoms with Crippen LogP contribution in [0.5, 0.6) is 0 Å². The third-order valence-electron chi connectivity index (χ3n) is 5.36. The van der Waals surface area contributed by atoms with Crippen LogP contribution < -0.4 is 5.73 Å². The van der Waals surface area contributed by atoms with Crippen molar-refractivity contribution in [2.45, 2.75) is 42.8 Å². The number of hydrogen-bond donors (Lipinski definition) is 1. The lowest BCUT2D eigenvalue weighted by molar-refractivity contribution is 0.245. The van der Waals surface area contributed by atoms with Gasteiger partial charge in [0.15, 0.2) is 5.41 Å². The van der Waals surface area contributed by atoms with E-state index in [1.54, 1.807) is 18.2 Å². The fourth-order valence-corrected chi connectivity index (χ4v) is 5.72. The van der Waals surface area contributed by atoms with Crippen LogP contribution in [0, 0.1) is 45.2 Å². The lowest BCUT2D eigenvalue weighted by Gasteiger charge is -2.51. The molecule has 0 bridgehead atoms. The number of halogens is 1. The van der Waals surface area contributed by atoms with E-state index in [0.29, 0.717) is 17.9 Å². The van der Waals surface area contributed by atoms with Crippen molar-refractivity contribution in [2.24, 2.45) is 11.1 Å². The zero-order valence-corrected chi connectivity index (χ0v) is 14.4. The first-order valence-electron chi connectivity index (χ1n) is 8.21. The SMILES string of the molecule is N#CC1=C(N)SC2(CCCCC2)C(C#N)(C#N)C1c1ccccc1F. The average molecular weight is 352 g/mol. The van der Waals surface area contributed by atoms with Gasteiger partial charge in [-0.2, -0.15) is 15.8 Å². The number of benzene rings is 1. The molecule has 126 valence electrons. The molecule has 0 radical (unpaired) electrons. The fraction of sp³-hybridized carbons (Fsp3) is 0.421. The van der Waals surface area contributed by atoms with E-state index in [9.17, 15) is 20.2 Å². The van der Waals surface area contributed by atoms with Crippen LogP contribution >= 0.6 is 11.8 Å². The van der Waals surface area contributed by atoms with Gasteiger partial charge in [0, 0.05) is 0 Å². The van der Waals surface area contributed by atoms with Crippen LogP contribution in [0.1, 0.15) is 43.6 Å². The molecule has 1 saturated carbocycles. The standard InChI is InChI=1S/C19H17FN4S/c20-15-7-3-2-6-13(15)16-14(10-21)17(24)25-19(8-4-1-5-9-19)18(16,11-22)12-23/h2-3,6-7,16H,1,4-5,8-9,24H2. The minimum absolute atomic E-state index is 0.120. The number of nitrogens with zero attached hydrogens (tertiary/aromatic N) is 3. The second-order valence-electron chi connectivity index (χ2n) is 6.53. The summed E-state index contributed by atoms with van der Waals surface area (Å²) in [5.74, 6) is -1.51. The lowest BCUT2D eigenvalue weighted by atomic mass is 9.59. The number of allylic oxidation sites excluding steroid dienone is 1. The summed E-state index contributed by atoms with van der Waals surface area (Å²) in [6.45, 7) is 0. The van der Waals surface area contributed by atoms with Crippen LogP contribution in [-0.2, 0) is 0 Å². The predicted octanol–water partition coefficient (Wildman–Crippen LogP) is 4.09. The maximum Gasteiger partial charge on any atom is 0.170 e. The first-order chi connectivity index (χ1) is 12.0. The van der Waals surface area contributed by atoms with Crippen molar-refractivity contribution >= 4 is 11.8 Å². The van der Waals surface area contributed by atoms with Gasteiger partial charge in [-0.3, -0.25) is 0 Å². The Hall–Kier alpha value is -2.49. The van der Waals surface area contributed by atoms with Crippen LogP contribution in [-0.4, -0.2) is 4.75 Å². The molecule has 1 spiro atoms. The maximum absolute atomic E-state index is 14.6. The van der Waals surface area contributed by atoms with Gasteiger partial charge in [-0.05, 0) is 24.5 Å². The van der Waals surface area contributed by atoms with Crippen molar-refractivity contribution in [2.75, 3.05) is 0 Å². The fourth-order valence-electron chi connectivity index (χ4n) is 4.16. The molecule has 3 rings (SSSR count). The molecule has 0 amide bonds. The highest BCUT2D eigenvalue weighted by atomic mass is 32.2. The van der Waals surface area contributed by atoms with Gasteiger partial charge in [-0.15, -0.1) is 0 Å². The summed E-state index contributed by atoms with van der Waals surface area (Å²) in [6, 6.07) is 12.5. The molecule has 1 atom stereocenters. The Kier molecular flexibility index (Phi) is 4.46. The smallest absolute Gasteiger partial charge is 0.170 e. The third kappa shape index (κ3) is 2.39. The Labute approximate surface area is 150 Å². The molecular formula is C19H17FN4S. The maximum atomic E-state index is 14.6. The number of rotatable bonds is 1. The second-order valence-corrected chi connectivity index (χ2v) is 7.96.